The summed E-state index contributed by atoms with van der Waals surface area (Å²) in [5.41, 5.74) is 1.96. The van der Waals surface area contributed by atoms with Crippen molar-refractivity contribution in [3.63, 3.8) is 0 Å². The van der Waals surface area contributed by atoms with Crippen LogP contribution in [-0.2, 0) is 9.47 Å². The van der Waals surface area contributed by atoms with Crippen molar-refractivity contribution in [1.29, 1.82) is 0 Å². The Morgan fingerprint density at radius 1 is 1.15 bits per heavy atom. The molecule has 4 aromatic rings. The number of pyridine rings is 1. The van der Waals surface area contributed by atoms with Crippen LogP contribution in [0.1, 0.15) is 40.9 Å². The molecule has 2 aliphatic rings. The zero-order chi connectivity index (χ0) is 27.8. The molecule has 2 saturated heterocycles. The lowest BCUT2D eigenvalue weighted by atomic mass is 10.2. The van der Waals surface area contributed by atoms with E-state index in [0.29, 0.717) is 62.4 Å². The van der Waals surface area contributed by atoms with Crippen LogP contribution in [0.25, 0.3) is 15.9 Å². The summed E-state index contributed by atoms with van der Waals surface area (Å²) in [5, 5.41) is 4.47. The predicted molar refractivity (Wildman–Crippen MR) is 156 cm³/mol. The zero-order valence-electron chi connectivity index (χ0n) is 22.0. The number of rotatable bonds is 6. The number of hydrogen-bond acceptors (Lipinski definition) is 6. The standard InChI is InChI=1S/C30H29ClFN3O4S/c1-18-16-19(9-11-23(18)32)33-27-21-10-12-25(36)35(24-7-3-2-6-22(24)31)30(21)40-28(27)29(37)34-14-13-20(17-34)39-26-8-4-5-15-38-26/h2-3,6-7,9-12,16,20,26,33H,4-5,8,13-15,17H2,1H3/t20-,26?/m0/s1. The first kappa shape index (κ1) is 27.0. The average molecular weight is 582 g/mol. The number of thiophene rings is 1. The molecule has 2 aromatic heterocycles. The molecule has 4 heterocycles. The van der Waals surface area contributed by atoms with Gasteiger partial charge in [0.25, 0.3) is 11.5 Å². The van der Waals surface area contributed by atoms with Crippen molar-refractivity contribution >= 4 is 50.4 Å². The molecule has 7 nitrogen and oxygen atoms in total. The lowest BCUT2D eigenvalue weighted by Crippen LogP contribution is -2.32. The van der Waals surface area contributed by atoms with Crippen LogP contribution in [0.5, 0.6) is 0 Å². The quantitative estimate of drug-likeness (QED) is 0.276. The number of anilines is 2. The average Bonchev–Trinajstić information content (AvgIpc) is 3.56. The Morgan fingerprint density at radius 2 is 2.00 bits per heavy atom. The Morgan fingerprint density at radius 3 is 2.77 bits per heavy atom. The number of ether oxygens (including phenoxy) is 2. The number of halogens is 2. The summed E-state index contributed by atoms with van der Waals surface area (Å²) in [6.07, 6.45) is 3.39. The number of aromatic nitrogens is 1. The van der Waals surface area contributed by atoms with Crippen molar-refractivity contribution in [2.75, 3.05) is 25.0 Å². The molecule has 208 valence electrons. The SMILES string of the molecule is Cc1cc(Nc2c(C(=O)N3CC[C@H](OC4CCCCO4)C3)sc3c2ccc(=O)n3-c2ccccc2Cl)ccc1F. The van der Waals surface area contributed by atoms with Crippen LogP contribution in [0.4, 0.5) is 15.8 Å². The van der Waals surface area contributed by atoms with E-state index in [1.165, 1.54) is 28.0 Å². The van der Waals surface area contributed by atoms with E-state index in [9.17, 15) is 14.0 Å². The summed E-state index contributed by atoms with van der Waals surface area (Å²) in [5.74, 6) is -0.467. The highest BCUT2D eigenvalue weighted by molar-refractivity contribution is 7.21. The maximum absolute atomic E-state index is 14.0. The van der Waals surface area contributed by atoms with E-state index in [2.05, 4.69) is 5.32 Å². The third-order valence-electron chi connectivity index (χ3n) is 7.37. The number of likely N-dealkylation sites (tertiary alicyclic amines) is 1. The van der Waals surface area contributed by atoms with Gasteiger partial charge in [0.05, 0.1) is 22.5 Å². The predicted octanol–water partition coefficient (Wildman–Crippen LogP) is 6.65. The van der Waals surface area contributed by atoms with Crippen molar-refractivity contribution in [3.8, 4) is 5.69 Å². The Kier molecular flexibility index (Phi) is 7.63. The molecule has 2 aliphatic heterocycles. The van der Waals surface area contributed by atoms with Gasteiger partial charge in [-0.05, 0) is 74.6 Å². The highest BCUT2D eigenvalue weighted by Crippen LogP contribution is 2.40. The Bertz CT molecular complexity index is 1630. The molecule has 1 unspecified atom stereocenters. The Balaban J connectivity index is 1.40. The molecule has 0 aliphatic carbocycles. The molecule has 2 aromatic carbocycles. The number of nitrogens with zero attached hydrogens (tertiary/aromatic N) is 2. The van der Waals surface area contributed by atoms with Gasteiger partial charge in [0.1, 0.15) is 15.5 Å². The first-order valence-corrected chi connectivity index (χ1v) is 14.6. The third-order valence-corrected chi connectivity index (χ3v) is 8.87. The van der Waals surface area contributed by atoms with Gasteiger partial charge in [-0.1, -0.05) is 23.7 Å². The summed E-state index contributed by atoms with van der Waals surface area (Å²) >= 11 is 7.73. The number of hydrogen-bond donors (Lipinski definition) is 1. The molecule has 0 radical (unpaired) electrons. The first-order valence-electron chi connectivity index (χ1n) is 13.4. The van der Waals surface area contributed by atoms with Crippen LogP contribution in [-0.4, -0.2) is 47.5 Å². The molecule has 0 spiro atoms. The van der Waals surface area contributed by atoms with Crippen molar-refractivity contribution in [1.82, 2.24) is 9.47 Å². The van der Waals surface area contributed by atoms with Crippen LogP contribution in [0, 0.1) is 12.7 Å². The van der Waals surface area contributed by atoms with Gasteiger partial charge < -0.3 is 19.7 Å². The van der Waals surface area contributed by atoms with Crippen LogP contribution >= 0.6 is 22.9 Å². The molecule has 10 heteroatoms. The second-order valence-corrected chi connectivity index (χ2v) is 11.6. The monoisotopic (exact) mass is 581 g/mol. The minimum Gasteiger partial charge on any atom is -0.354 e. The molecule has 1 amide bonds. The topological polar surface area (TPSA) is 72.8 Å². The van der Waals surface area contributed by atoms with E-state index >= 15 is 0 Å². The molecule has 2 atom stereocenters. The van der Waals surface area contributed by atoms with E-state index in [0.717, 1.165) is 25.7 Å². The van der Waals surface area contributed by atoms with Crippen LogP contribution in [0.2, 0.25) is 5.02 Å². The van der Waals surface area contributed by atoms with E-state index in [1.54, 1.807) is 48.2 Å². The van der Waals surface area contributed by atoms with Crippen molar-refractivity contribution in [2.45, 2.75) is 45.0 Å². The second kappa shape index (κ2) is 11.3. The lowest BCUT2D eigenvalue weighted by Gasteiger charge is -2.26. The number of carbonyl (C=O) groups is 1. The van der Waals surface area contributed by atoms with Crippen molar-refractivity contribution < 1.29 is 18.7 Å². The molecule has 2 fully saturated rings. The molecule has 0 saturated carbocycles. The van der Waals surface area contributed by atoms with Crippen LogP contribution in [0.3, 0.4) is 0 Å². The van der Waals surface area contributed by atoms with E-state index in [4.69, 9.17) is 21.1 Å². The summed E-state index contributed by atoms with van der Waals surface area (Å²) in [4.78, 5) is 30.0. The molecule has 6 rings (SSSR count). The lowest BCUT2D eigenvalue weighted by molar-refractivity contribution is -0.184. The fourth-order valence-corrected chi connectivity index (χ4v) is 6.74. The highest BCUT2D eigenvalue weighted by atomic mass is 35.5. The largest absolute Gasteiger partial charge is 0.354 e. The van der Waals surface area contributed by atoms with Gasteiger partial charge in [0.2, 0.25) is 0 Å². The summed E-state index contributed by atoms with van der Waals surface area (Å²) in [6.45, 7) is 3.40. The van der Waals surface area contributed by atoms with Crippen LogP contribution < -0.4 is 10.9 Å². The molecular weight excluding hydrogens is 553 g/mol. The summed E-state index contributed by atoms with van der Waals surface area (Å²) in [6, 6.07) is 15.0. The Labute approximate surface area is 240 Å². The summed E-state index contributed by atoms with van der Waals surface area (Å²) in [7, 11) is 0. The van der Waals surface area contributed by atoms with E-state index < -0.39 is 0 Å². The number of aryl methyl sites for hydroxylation is 1. The van der Waals surface area contributed by atoms with Crippen molar-refractivity contribution in [2.24, 2.45) is 0 Å². The molecule has 40 heavy (non-hydrogen) atoms. The number of benzene rings is 2. The van der Waals surface area contributed by atoms with Crippen molar-refractivity contribution in [3.05, 3.63) is 86.2 Å². The molecule has 0 bridgehead atoms. The van der Waals surface area contributed by atoms with Crippen LogP contribution in [0.15, 0.2) is 59.4 Å². The van der Waals surface area contributed by atoms with E-state index in [1.807, 2.05) is 6.07 Å². The number of nitrogens with one attached hydrogen (secondary N) is 1. The minimum atomic E-state index is -0.311. The summed E-state index contributed by atoms with van der Waals surface area (Å²) < 4.78 is 27.4. The zero-order valence-corrected chi connectivity index (χ0v) is 23.6. The van der Waals surface area contributed by atoms with Gasteiger partial charge in [-0.3, -0.25) is 14.2 Å². The fourth-order valence-electron chi connectivity index (χ4n) is 5.29. The highest BCUT2D eigenvalue weighted by Gasteiger charge is 2.33. The maximum Gasteiger partial charge on any atom is 0.266 e. The number of para-hydroxylation sites is 1. The van der Waals surface area contributed by atoms with Gasteiger partial charge in [-0.25, -0.2) is 4.39 Å². The number of carbonyl (C=O) groups excluding carboxylic acids is 1. The fraction of sp³-hybridized carbons (Fsp3) is 0.333. The number of fused-ring (bicyclic) bond motifs is 1. The Hall–Kier alpha value is -3.24. The normalized spacial score (nSPS) is 19.3. The maximum atomic E-state index is 14.0. The first-order chi connectivity index (χ1) is 19.4. The van der Waals surface area contributed by atoms with Gasteiger partial charge in [-0.15, -0.1) is 11.3 Å². The number of amides is 1. The van der Waals surface area contributed by atoms with Gasteiger partial charge in [0, 0.05) is 36.8 Å². The second-order valence-electron chi connectivity index (χ2n) is 10.2. The molecular formula is C30H29ClFN3O4S. The minimum absolute atomic E-state index is 0.0982. The molecule has 1 N–H and O–H groups in total. The van der Waals surface area contributed by atoms with Gasteiger partial charge >= 0.3 is 0 Å². The smallest absolute Gasteiger partial charge is 0.266 e. The van der Waals surface area contributed by atoms with E-state index in [-0.39, 0.29) is 29.7 Å². The third kappa shape index (κ3) is 5.26. The van der Waals surface area contributed by atoms with Gasteiger partial charge in [0.15, 0.2) is 6.29 Å². The van der Waals surface area contributed by atoms with Gasteiger partial charge in [-0.2, -0.15) is 0 Å².